The lowest BCUT2D eigenvalue weighted by Gasteiger charge is -1.94. The SMILES string of the molecule is Cc1ccc2c(CC#N)c(I)sc2c1. The van der Waals surface area contributed by atoms with Gasteiger partial charge in [-0.3, -0.25) is 0 Å². The van der Waals surface area contributed by atoms with Gasteiger partial charge in [-0.05, 0) is 52.1 Å². The second-order valence-corrected chi connectivity index (χ2v) is 6.05. The van der Waals surface area contributed by atoms with Crippen LogP contribution < -0.4 is 0 Å². The van der Waals surface area contributed by atoms with Gasteiger partial charge in [0.15, 0.2) is 0 Å². The monoisotopic (exact) mass is 313 g/mol. The summed E-state index contributed by atoms with van der Waals surface area (Å²) >= 11 is 4.08. The van der Waals surface area contributed by atoms with E-state index in [1.807, 2.05) is 0 Å². The van der Waals surface area contributed by atoms with Crippen molar-refractivity contribution >= 4 is 44.0 Å². The van der Waals surface area contributed by atoms with E-state index in [1.165, 1.54) is 24.1 Å². The highest BCUT2D eigenvalue weighted by Crippen LogP contribution is 2.33. The van der Waals surface area contributed by atoms with Gasteiger partial charge in [0.25, 0.3) is 0 Å². The number of rotatable bonds is 1. The molecule has 0 atom stereocenters. The summed E-state index contributed by atoms with van der Waals surface area (Å²) in [6.45, 7) is 2.09. The van der Waals surface area contributed by atoms with Gasteiger partial charge in [0.1, 0.15) is 0 Å². The van der Waals surface area contributed by atoms with Crippen LogP contribution in [0.2, 0.25) is 0 Å². The molecule has 3 heteroatoms. The Morgan fingerprint density at radius 2 is 2.29 bits per heavy atom. The molecule has 1 aromatic carbocycles. The van der Waals surface area contributed by atoms with Crippen molar-refractivity contribution in [1.29, 1.82) is 5.26 Å². The lowest BCUT2D eigenvalue weighted by Crippen LogP contribution is -1.81. The van der Waals surface area contributed by atoms with Crippen LogP contribution in [0.4, 0.5) is 0 Å². The first kappa shape index (κ1) is 9.94. The normalized spacial score (nSPS) is 10.4. The van der Waals surface area contributed by atoms with E-state index in [0.717, 1.165) is 0 Å². The third-order valence-corrected chi connectivity index (χ3v) is 4.45. The van der Waals surface area contributed by atoms with Crippen LogP contribution in [-0.4, -0.2) is 0 Å². The van der Waals surface area contributed by atoms with Crippen molar-refractivity contribution in [3.05, 3.63) is 32.2 Å². The zero-order valence-corrected chi connectivity index (χ0v) is 10.6. The van der Waals surface area contributed by atoms with E-state index in [0.29, 0.717) is 6.42 Å². The van der Waals surface area contributed by atoms with Crippen LogP contribution in [0.3, 0.4) is 0 Å². The van der Waals surface area contributed by atoms with Crippen LogP contribution in [0.15, 0.2) is 18.2 Å². The Morgan fingerprint density at radius 1 is 1.50 bits per heavy atom. The average Bonchev–Trinajstić information content (AvgIpc) is 2.43. The largest absolute Gasteiger partial charge is 0.198 e. The van der Waals surface area contributed by atoms with Crippen LogP contribution >= 0.6 is 33.9 Å². The number of aryl methyl sites for hydroxylation is 1. The molecule has 1 aromatic heterocycles. The predicted octanol–water partition coefficient (Wildman–Crippen LogP) is 3.88. The van der Waals surface area contributed by atoms with Gasteiger partial charge in [-0.2, -0.15) is 5.26 Å². The van der Waals surface area contributed by atoms with E-state index >= 15 is 0 Å². The number of fused-ring (bicyclic) bond motifs is 1. The maximum Gasteiger partial charge on any atom is 0.0708 e. The summed E-state index contributed by atoms with van der Waals surface area (Å²) in [5, 5.41) is 9.97. The van der Waals surface area contributed by atoms with E-state index in [2.05, 4.69) is 53.8 Å². The smallest absolute Gasteiger partial charge is 0.0708 e. The van der Waals surface area contributed by atoms with Gasteiger partial charge >= 0.3 is 0 Å². The van der Waals surface area contributed by atoms with E-state index in [4.69, 9.17) is 5.26 Å². The molecular weight excluding hydrogens is 305 g/mol. The highest BCUT2D eigenvalue weighted by atomic mass is 127. The molecular formula is C11H8INS. The number of thiophene rings is 1. The Balaban J connectivity index is 2.72. The average molecular weight is 313 g/mol. The molecule has 0 aliphatic rings. The van der Waals surface area contributed by atoms with Crippen molar-refractivity contribution in [2.24, 2.45) is 0 Å². The Kier molecular flexibility index (Phi) is 2.75. The third-order valence-electron chi connectivity index (χ3n) is 2.15. The molecule has 0 unspecified atom stereocenters. The van der Waals surface area contributed by atoms with Gasteiger partial charge in [0.05, 0.1) is 15.4 Å². The molecule has 0 amide bonds. The van der Waals surface area contributed by atoms with Gasteiger partial charge < -0.3 is 0 Å². The molecule has 0 fully saturated rings. The van der Waals surface area contributed by atoms with Gasteiger partial charge in [-0.15, -0.1) is 11.3 Å². The van der Waals surface area contributed by atoms with E-state index < -0.39 is 0 Å². The Labute approximate surface area is 101 Å². The topological polar surface area (TPSA) is 23.8 Å². The lowest BCUT2D eigenvalue weighted by atomic mass is 10.1. The fourth-order valence-corrected chi connectivity index (χ4v) is 3.71. The van der Waals surface area contributed by atoms with Crippen LogP contribution in [0, 0.1) is 21.1 Å². The number of hydrogen-bond acceptors (Lipinski definition) is 2. The first-order valence-electron chi connectivity index (χ1n) is 4.27. The molecule has 14 heavy (non-hydrogen) atoms. The zero-order valence-electron chi connectivity index (χ0n) is 7.67. The molecule has 0 aliphatic carbocycles. The minimum atomic E-state index is 0.515. The summed E-state index contributed by atoms with van der Waals surface area (Å²) < 4.78 is 2.53. The zero-order chi connectivity index (χ0) is 10.1. The molecule has 2 aromatic rings. The van der Waals surface area contributed by atoms with Crippen LogP contribution in [0.1, 0.15) is 11.1 Å². The van der Waals surface area contributed by atoms with Crippen LogP contribution in [-0.2, 0) is 6.42 Å². The second-order valence-electron chi connectivity index (χ2n) is 3.19. The Hall–Kier alpha value is -0.600. The number of halogens is 1. The summed E-state index contributed by atoms with van der Waals surface area (Å²) in [7, 11) is 0. The number of benzene rings is 1. The Bertz CT molecular complexity index is 522. The number of nitrogens with zero attached hydrogens (tertiary/aromatic N) is 1. The molecule has 0 N–H and O–H groups in total. The van der Waals surface area contributed by atoms with E-state index in [9.17, 15) is 0 Å². The highest BCUT2D eigenvalue weighted by molar-refractivity contribution is 14.1. The quantitative estimate of drug-likeness (QED) is 0.733. The van der Waals surface area contributed by atoms with Crippen molar-refractivity contribution in [3.8, 4) is 6.07 Å². The van der Waals surface area contributed by atoms with Crippen molar-refractivity contribution < 1.29 is 0 Å². The van der Waals surface area contributed by atoms with Crippen molar-refractivity contribution in [2.75, 3.05) is 0 Å². The minimum absolute atomic E-state index is 0.515. The van der Waals surface area contributed by atoms with Gasteiger partial charge in [-0.1, -0.05) is 12.1 Å². The van der Waals surface area contributed by atoms with E-state index in [-0.39, 0.29) is 0 Å². The summed E-state index contributed by atoms with van der Waals surface area (Å²) in [4.78, 5) is 0. The highest BCUT2D eigenvalue weighted by Gasteiger charge is 2.09. The Morgan fingerprint density at radius 3 is 3.00 bits per heavy atom. The first-order chi connectivity index (χ1) is 6.72. The first-order valence-corrected chi connectivity index (χ1v) is 6.16. The third kappa shape index (κ3) is 1.64. The maximum atomic E-state index is 8.73. The molecule has 0 aliphatic heterocycles. The van der Waals surface area contributed by atoms with Crippen LogP contribution in [0.5, 0.6) is 0 Å². The molecule has 70 valence electrons. The van der Waals surface area contributed by atoms with Gasteiger partial charge in [0.2, 0.25) is 0 Å². The minimum Gasteiger partial charge on any atom is -0.198 e. The molecule has 1 heterocycles. The molecule has 0 spiro atoms. The fraction of sp³-hybridized carbons (Fsp3) is 0.182. The number of hydrogen-bond donors (Lipinski definition) is 0. The van der Waals surface area contributed by atoms with Gasteiger partial charge in [0, 0.05) is 4.70 Å². The van der Waals surface area contributed by atoms with Crippen molar-refractivity contribution in [1.82, 2.24) is 0 Å². The van der Waals surface area contributed by atoms with Crippen LogP contribution in [0.25, 0.3) is 10.1 Å². The second kappa shape index (κ2) is 3.87. The molecule has 0 radical (unpaired) electrons. The van der Waals surface area contributed by atoms with Crippen molar-refractivity contribution in [3.63, 3.8) is 0 Å². The molecule has 2 rings (SSSR count). The predicted molar refractivity (Wildman–Crippen MR) is 68.6 cm³/mol. The summed E-state index contributed by atoms with van der Waals surface area (Å²) in [6.07, 6.45) is 0.515. The fourth-order valence-electron chi connectivity index (χ4n) is 1.47. The lowest BCUT2D eigenvalue weighted by molar-refractivity contribution is 1.29. The molecule has 0 saturated heterocycles. The molecule has 0 saturated carbocycles. The van der Waals surface area contributed by atoms with Gasteiger partial charge in [-0.25, -0.2) is 0 Å². The van der Waals surface area contributed by atoms with E-state index in [1.54, 1.807) is 11.3 Å². The standard InChI is InChI=1S/C11H8INS/c1-7-2-3-8-9(4-5-13)11(12)14-10(8)6-7/h2-3,6H,4H2,1H3. The molecule has 0 bridgehead atoms. The summed E-state index contributed by atoms with van der Waals surface area (Å²) in [6, 6.07) is 8.63. The summed E-state index contributed by atoms with van der Waals surface area (Å²) in [5.74, 6) is 0. The number of nitriles is 1. The van der Waals surface area contributed by atoms with Crippen molar-refractivity contribution in [2.45, 2.75) is 13.3 Å². The summed E-state index contributed by atoms with van der Waals surface area (Å²) in [5.41, 5.74) is 2.46. The maximum absolute atomic E-state index is 8.73. The molecule has 1 nitrogen and oxygen atoms in total.